The van der Waals surface area contributed by atoms with Gasteiger partial charge in [0.1, 0.15) is 12.4 Å². The quantitative estimate of drug-likeness (QED) is 0.572. The standard InChI is InChI=1S/C24H23N3O4/c1-17(31-21-6-3-18(14-25)4-7-21)24(28)27-15-20-5-8-22(23(13-20)29-2)30-16-19-9-11-26-12-10-19/h3-13,17H,15-16H2,1-2H3,(H,27,28). The SMILES string of the molecule is COc1cc(CNC(=O)C(C)Oc2ccc(C#N)cc2)ccc1OCc1ccncc1. The fourth-order valence-electron chi connectivity index (χ4n) is 2.78. The Labute approximate surface area is 181 Å². The van der Waals surface area contributed by atoms with Crippen LogP contribution in [-0.4, -0.2) is 24.1 Å². The molecule has 1 heterocycles. The van der Waals surface area contributed by atoms with E-state index < -0.39 is 6.10 Å². The third-order valence-corrected chi connectivity index (χ3v) is 4.50. The predicted molar refractivity (Wildman–Crippen MR) is 115 cm³/mol. The van der Waals surface area contributed by atoms with E-state index in [4.69, 9.17) is 19.5 Å². The molecule has 1 amide bonds. The van der Waals surface area contributed by atoms with Gasteiger partial charge in [-0.3, -0.25) is 9.78 Å². The molecule has 2 aromatic carbocycles. The van der Waals surface area contributed by atoms with E-state index in [2.05, 4.69) is 10.3 Å². The Bertz CT molecular complexity index is 1050. The highest BCUT2D eigenvalue weighted by Crippen LogP contribution is 2.28. The minimum absolute atomic E-state index is 0.249. The van der Waals surface area contributed by atoms with Gasteiger partial charge >= 0.3 is 0 Å². The number of amides is 1. The molecule has 1 N–H and O–H groups in total. The van der Waals surface area contributed by atoms with Crippen molar-refractivity contribution in [1.29, 1.82) is 5.26 Å². The summed E-state index contributed by atoms with van der Waals surface area (Å²) in [5.41, 5.74) is 2.41. The Kier molecular flexibility index (Phi) is 7.44. The molecule has 0 fully saturated rings. The fourth-order valence-corrected chi connectivity index (χ4v) is 2.78. The first kappa shape index (κ1) is 21.7. The minimum Gasteiger partial charge on any atom is -0.493 e. The highest BCUT2D eigenvalue weighted by molar-refractivity contribution is 5.80. The zero-order valence-electron chi connectivity index (χ0n) is 17.4. The van der Waals surface area contributed by atoms with Crippen LogP contribution >= 0.6 is 0 Å². The zero-order chi connectivity index (χ0) is 22.1. The zero-order valence-corrected chi connectivity index (χ0v) is 17.4. The van der Waals surface area contributed by atoms with Crippen LogP contribution in [0.3, 0.4) is 0 Å². The lowest BCUT2D eigenvalue weighted by atomic mass is 10.2. The maximum Gasteiger partial charge on any atom is 0.261 e. The number of nitriles is 1. The number of pyridine rings is 1. The van der Waals surface area contributed by atoms with Crippen molar-refractivity contribution in [2.75, 3.05) is 7.11 Å². The number of nitrogens with one attached hydrogen (secondary N) is 1. The van der Waals surface area contributed by atoms with Gasteiger partial charge in [0, 0.05) is 18.9 Å². The van der Waals surface area contributed by atoms with Crippen LogP contribution in [-0.2, 0) is 17.9 Å². The average molecular weight is 417 g/mol. The number of benzene rings is 2. The van der Waals surface area contributed by atoms with Crippen molar-refractivity contribution in [2.24, 2.45) is 0 Å². The number of rotatable bonds is 9. The Morgan fingerprint density at radius 3 is 2.48 bits per heavy atom. The molecule has 7 nitrogen and oxygen atoms in total. The third-order valence-electron chi connectivity index (χ3n) is 4.50. The molecule has 3 aromatic rings. The number of methoxy groups -OCH3 is 1. The molecule has 0 saturated heterocycles. The third kappa shape index (κ3) is 6.21. The number of ether oxygens (including phenoxy) is 3. The highest BCUT2D eigenvalue weighted by Gasteiger charge is 2.15. The number of carbonyl (C=O) groups excluding carboxylic acids is 1. The van der Waals surface area contributed by atoms with E-state index in [1.165, 1.54) is 0 Å². The van der Waals surface area contributed by atoms with Gasteiger partial charge in [-0.1, -0.05) is 6.07 Å². The summed E-state index contributed by atoms with van der Waals surface area (Å²) in [6.07, 6.45) is 2.75. The molecule has 7 heteroatoms. The first-order chi connectivity index (χ1) is 15.1. The van der Waals surface area contributed by atoms with Crippen LogP contribution in [0.25, 0.3) is 0 Å². The molecule has 1 aromatic heterocycles. The van der Waals surface area contributed by atoms with Gasteiger partial charge in [-0.05, 0) is 66.6 Å². The monoisotopic (exact) mass is 417 g/mol. The van der Waals surface area contributed by atoms with Gasteiger partial charge in [-0.25, -0.2) is 0 Å². The molecule has 0 bridgehead atoms. The molecule has 0 spiro atoms. The van der Waals surface area contributed by atoms with Gasteiger partial charge in [0.05, 0.1) is 18.7 Å². The second-order valence-electron chi connectivity index (χ2n) is 6.74. The first-order valence-electron chi connectivity index (χ1n) is 9.72. The lowest BCUT2D eigenvalue weighted by Crippen LogP contribution is -2.35. The molecular formula is C24H23N3O4. The Hall–Kier alpha value is -4.05. The average Bonchev–Trinajstić information content (AvgIpc) is 2.82. The number of hydrogen-bond donors (Lipinski definition) is 1. The van der Waals surface area contributed by atoms with E-state index in [0.29, 0.717) is 36.0 Å². The number of aromatic nitrogens is 1. The van der Waals surface area contributed by atoms with Crippen molar-refractivity contribution in [1.82, 2.24) is 10.3 Å². The Balaban J connectivity index is 1.54. The molecule has 0 aliphatic rings. The van der Waals surface area contributed by atoms with Crippen molar-refractivity contribution >= 4 is 5.91 Å². The van der Waals surface area contributed by atoms with Crippen LogP contribution in [0.1, 0.15) is 23.6 Å². The van der Waals surface area contributed by atoms with Crippen molar-refractivity contribution in [3.8, 4) is 23.3 Å². The van der Waals surface area contributed by atoms with Crippen molar-refractivity contribution < 1.29 is 19.0 Å². The number of nitrogens with zero attached hydrogens (tertiary/aromatic N) is 2. The molecule has 31 heavy (non-hydrogen) atoms. The van der Waals surface area contributed by atoms with Gasteiger partial charge in [0.2, 0.25) is 0 Å². The summed E-state index contributed by atoms with van der Waals surface area (Å²) < 4.78 is 16.9. The van der Waals surface area contributed by atoms with Crippen LogP contribution in [0.4, 0.5) is 0 Å². The smallest absolute Gasteiger partial charge is 0.261 e. The molecule has 1 unspecified atom stereocenters. The lowest BCUT2D eigenvalue weighted by Gasteiger charge is -2.16. The molecule has 0 saturated carbocycles. The van der Waals surface area contributed by atoms with Gasteiger partial charge in [0.15, 0.2) is 17.6 Å². The van der Waals surface area contributed by atoms with Crippen LogP contribution in [0.15, 0.2) is 67.0 Å². The van der Waals surface area contributed by atoms with Gasteiger partial charge in [-0.2, -0.15) is 5.26 Å². The number of carbonyl (C=O) groups is 1. The molecule has 3 rings (SSSR count). The molecular weight excluding hydrogens is 394 g/mol. The van der Waals surface area contributed by atoms with Crippen LogP contribution < -0.4 is 19.5 Å². The Morgan fingerprint density at radius 2 is 1.81 bits per heavy atom. The van der Waals surface area contributed by atoms with Gasteiger partial charge in [-0.15, -0.1) is 0 Å². The lowest BCUT2D eigenvalue weighted by molar-refractivity contribution is -0.127. The number of hydrogen-bond acceptors (Lipinski definition) is 6. The summed E-state index contributed by atoms with van der Waals surface area (Å²) in [4.78, 5) is 16.4. The van der Waals surface area contributed by atoms with Gasteiger partial charge < -0.3 is 19.5 Å². The van der Waals surface area contributed by atoms with Crippen molar-refractivity contribution in [3.63, 3.8) is 0 Å². The minimum atomic E-state index is -0.683. The summed E-state index contributed by atoms with van der Waals surface area (Å²) in [6, 6.07) is 17.9. The van der Waals surface area contributed by atoms with Gasteiger partial charge in [0.25, 0.3) is 5.91 Å². The second kappa shape index (κ2) is 10.6. The van der Waals surface area contributed by atoms with E-state index >= 15 is 0 Å². The van der Waals surface area contributed by atoms with E-state index in [1.807, 2.05) is 36.4 Å². The fraction of sp³-hybridized carbons (Fsp3) is 0.208. The first-order valence-corrected chi connectivity index (χ1v) is 9.72. The van der Waals surface area contributed by atoms with Crippen LogP contribution in [0.2, 0.25) is 0 Å². The van der Waals surface area contributed by atoms with E-state index in [0.717, 1.165) is 11.1 Å². The highest BCUT2D eigenvalue weighted by atomic mass is 16.5. The van der Waals surface area contributed by atoms with Crippen LogP contribution in [0.5, 0.6) is 17.2 Å². The van der Waals surface area contributed by atoms with Crippen molar-refractivity contribution in [2.45, 2.75) is 26.2 Å². The molecule has 158 valence electrons. The van der Waals surface area contributed by atoms with Crippen molar-refractivity contribution in [3.05, 3.63) is 83.7 Å². The summed E-state index contributed by atoms with van der Waals surface area (Å²) in [5, 5.41) is 11.7. The summed E-state index contributed by atoms with van der Waals surface area (Å²) in [5.74, 6) is 1.48. The predicted octanol–water partition coefficient (Wildman–Crippen LogP) is 3.62. The summed E-state index contributed by atoms with van der Waals surface area (Å²) >= 11 is 0. The molecule has 1 atom stereocenters. The molecule has 0 aliphatic carbocycles. The van der Waals surface area contributed by atoms with E-state index in [1.54, 1.807) is 50.7 Å². The van der Waals surface area contributed by atoms with Crippen LogP contribution in [0, 0.1) is 11.3 Å². The summed E-state index contributed by atoms with van der Waals surface area (Å²) in [6.45, 7) is 2.39. The normalized spacial score (nSPS) is 11.1. The largest absolute Gasteiger partial charge is 0.493 e. The second-order valence-corrected chi connectivity index (χ2v) is 6.74. The topological polar surface area (TPSA) is 93.5 Å². The van der Waals surface area contributed by atoms with E-state index in [-0.39, 0.29) is 5.91 Å². The van der Waals surface area contributed by atoms with E-state index in [9.17, 15) is 4.79 Å². The molecule has 0 radical (unpaired) electrons. The maximum atomic E-state index is 12.4. The molecule has 0 aliphatic heterocycles. The Morgan fingerprint density at radius 1 is 1.06 bits per heavy atom. The summed E-state index contributed by atoms with van der Waals surface area (Å²) in [7, 11) is 1.57. The maximum absolute atomic E-state index is 12.4.